The van der Waals surface area contributed by atoms with Crippen LogP contribution in [0.25, 0.3) is 11.0 Å². The van der Waals surface area contributed by atoms with E-state index in [-0.39, 0.29) is 45.7 Å². The maximum atomic E-state index is 15.8. The van der Waals surface area contributed by atoms with Crippen molar-refractivity contribution in [3.8, 4) is 17.2 Å². The molecular weight excluding hydrogens is 619 g/mol. The molecule has 238 valence electrons. The van der Waals surface area contributed by atoms with Crippen LogP contribution >= 0.6 is 11.6 Å². The van der Waals surface area contributed by atoms with Gasteiger partial charge < -0.3 is 18.8 Å². The number of benzene rings is 4. The van der Waals surface area contributed by atoms with E-state index >= 15 is 4.39 Å². The highest BCUT2D eigenvalue weighted by Gasteiger charge is 2.27. The molecule has 0 saturated carbocycles. The number of ether oxygens (including phenoxy) is 3. The largest absolute Gasteiger partial charge is 0.494 e. The number of hydrogen-bond acceptors (Lipinski definition) is 6. The third-order valence-corrected chi connectivity index (χ3v) is 8.55. The van der Waals surface area contributed by atoms with E-state index in [9.17, 15) is 13.6 Å². The van der Waals surface area contributed by atoms with E-state index in [0.717, 1.165) is 31.5 Å². The zero-order chi connectivity index (χ0) is 32.4. The summed E-state index contributed by atoms with van der Waals surface area (Å²) in [5.41, 5.74) is 1.45. The molecule has 0 atom stereocenters. The van der Waals surface area contributed by atoms with Gasteiger partial charge in [-0.1, -0.05) is 41.9 Å². The Hall–Kier alpha value is -4.54. The van der Waals surface area contributed by atoms with Crippen molar-refractivity contribution in [1.82, 2.24) is 14.5 Å². The number of nitrogens with zero attached hydrogens (tertiary/aromatic N) is 3. The van der Waals surface area contributed by atoms with Gasteiger partial charge in [-0.2, -0.15) is 0 Å². The molecule has 7 nitrogen and oxygen atoms in total. The number of rotatable bonds is 9. The number of aryl methyl sites for hydroxylation is 1. The Kier molecular flexibility index (Phi) is 9.19. The van der Waals surface area contributed by atoms with Gasteiger partial charge in [0.2, 0.25) is 0 Å². The zero-order valence-electron chi connectivity index (χ0n) is 25.2. The molecule has 11 heteroatoms. The van der Waals surface area contributed by atoms with Gasteiger partial charge in [-0.3, -0.25) is 4.90 Å². The fourth-order valence-corrected chi connectivity index (χ4v) is 5.92. The fraction of sp³-hybridized carbons (Fsp3) is 0.257. The Labute approximate surface area is 269 Å². The summed E-state index contributed by atoms with van der Waals surface area (Å²) in [6, 6.07) is 18.9. The molecule has 1 fully saturated rings. The Morgan fingerprint density at radius 3 is 2.43 bits per heavy atom. The lowest BCUT2D eigenvalue weighted by Crippen LogP contribution is -2.33. The van der Waals surface area contributed by atoms with Gasteiger partial charge in [-0.25, -0.2) is 22.9 Å². The van der Waals surface area contributed by atoms with Gasteiger partial charge in [0.1, 0.15) is 46.3 Å². The second-order valence-corrected chi connectivity index (χ2v) is 11.6. The van der Waals surface area contributed by atoms with Crippen LogP contribution in [0.2, 0.25) is 5.02 Å². The van der Waals surface area contributed by atoms with Gasteiger partial charge in [0, 0.05) is 23.7 Å². The number of esters is 1. The standard InChI is InChI=1S/C35H31ClF3N3O4/c1-41-31(40-33-30(44-2)18-26(32(39)34(33)41)35(43)46-25-6-4-3-5-7-25)19-42-14-12-21(13-15-42)22-9-11-27(37)29(16-22)45-20-23-8-10-24(36)17-28(23)38/h3-11,16-18,21H,12-15,19-20H2,1-2H3. The molecule has 5 aromatic rings. The molecule has 4 aromatic carbocycles. The molecule has 1 aromatic heterocycles. The molecule has 46 heavy (non-hydrogen) atoms. The highest BCUT2D eigenvalue weighted by atomic mass is 35.5. The highest BCUT2D eigenvalue weighted by molar-refractivity contribution is 6.30. The molecule has 0 aliphatic carbocycles. The molecule has 0 radical (unpaired) electrons. The van der Waals surface area contributed by atoms with E-state index in [1.165, 1.54) is 31.4 Å². The normalized spacial score (nSPS) is 14.0. The van der Waals surface area contributed by atoms with Crippen molar-refractivity contribution in [3.63, 3.8) is 0 Å². The number of piperidine rings is 1. The van der Waals surface area contributed by atoms with E-state index in [1.54, 1.807) is 60.1 Å². The van der Waals surface area contributed by atoms with E-state index in [2.05, 4.69) is 9.88 Å². The summed E-state index contributed by atoms with van der Waals surface area (Å²) < 4.78 is 62.7. The first kappa shape index (κ1) is 31.4. The number of hydrogen-bond donors (Lipinski definition) is 0. The molecule has 6 rings (SSSR count). The molecule has 0 unspecified atom stereocenters. The first-order valence-electron chi connectivity index (χ1n) is 14.8. The molecule has 1 aliphatic heterocycles. The molecule has 2 heterocycles. The predicted molar refractivity (Wildman–Crippen MR) is 168 cm³/mol. The topological polar surface area (TPSA) is 65.8 Å². The predicted octanol–water partition coefficient (Wildman–Crippen LogP) is 7.83. The van der Waals surface area contributed by atoms with Crippen molar-refractivity contribution in [2.75, 3.05) is 20.2 Å². The van der Waals surface area contributed by atoms with E-state index in [1.807, 2.05) is 0 Å². The maximum Gasteiger partial charge on any atom is 0.346 e. The van der Waals surface area contributed by atoms with Crippen molar-refractivity contribution in [1.29, 1.82) is 0 Å². The van der Waals surface area contributed by atoms with Gasteiger partial charge in [0.25, 0.3) is 0 Å². The van der Waals surface area contributed by atoms with Crippen LogP contribution in [-0.2, 0) is 20.2 Å². The van der Waals surface area contributed by atoms with E-state index in [0.29, 0.717) is 23.6 Å². The number of aromatic nitrogens is 2. The van der Waals surface area contributed by atoms with Crippen LogP contribution in [0, 0.1) is 17.5 Å². The second kappa shape index (κ2) is 13.4. The minimum Gasteiger partial charge on any atom is -0.494 e. The Morgan fingerprint density at radius 2 is 1.72 bits per heavy atom. The van der Waals surface area contributed by atoms with Gasteiger partial charge in [0.05, 0.1) is 13.7 Å². The van der Waals surface area contributed by atoms with Crippen molar-refractivity contribution >= 4 is 28.6 Å². The number of likely N-dealkylation sites (tertiary alicyclic amines) is 1. The maximum absolute atomic E-state index is 15.8. The highest BCUT2D eigenvalue weighted by Crippen LogP contribution is 2.34. The third kappa shape index (κ3) is 6.54. The lowest BCUT2D eigenvalue weighted by Gasteiger charge is -2.32. The van der Waals surface area contributed by atoms with Crippen LogP contribution in [0.4, 0.5) is 13.2 Å². The van der Waals surface area contributed by atoms with Crippen LogP contribution < -0.4 is 14.2 Å². The first-order valence-corrected chi connectivity index (χ1v) is 15.2. The van der Waals surface area contributed by atoms with Crippen LogP contribution in [0.5, 0.6) is 17.2 Å². The smallest absolute Gasteiger partial charge is 0.346 e. The summed E-state index contributed by atoms with van der Waals surface area (Å²) in [4.78, 5) is 19.8. The number of carbonyl (C=O) groups excluding carboxylic acids is 1. The monoisotopic (exact) mass is 649 g/mol. The minimum atomic E-state index is -0.833. The summed E-state index contributed by atoms with van der Waals surface area (Å²) in [6.45, 7) is 1.78. The zero-order valence-corrected chi connectivity index (χ0v) is 26.0. The number of fused-ring (bicyclic) bond motifs is 1. The average Bonchev–Trinajstić information content (AvgIpc) is 3.38. The minimum absolute atomic E-state index is 0.0666. The van der Waals surface area contributed by atoms with Crippen LogP contribution in [0.3, 0.4) is 0 Å². The van der Waals surface area contributed by atoms with Crippen LogP contribution in [0.15, 0.2) is 72.8 Å². The summed E-state index contributed by atoms with van der Waals surface area (Å²) in [5, 5.41) is 0.277. The molecule has 0 bridgehead atoms. The quantitative estimate of drug-likeness (QED) is 0.120. The average molecular weight is 650 g/mol. The number of carbonyl (C=O) groups is 1. The lowest BCUT2D eigenvalue weighted by atomic mass is 9.89. The lowest BCUT2D eigenvalue weighted by molar-refractivity contribution is 0.0729. The number of halogens is 4. The van der Waals surface area contributed by atoms with Gasteiger partial charge in [0.15, 0.2) is 17.4 Å². The van der Waals surface area contributed by atoms with Gasteiger partial charge >= 0.3 is 5.97 Å². The number of para-hydroxylation sites is 1. The molecule has 1 saturated heterocycles. The van der Waals surface area contributed by atoms with Crippen molar-refractivity contribution < 1.29 is 32.2 Å². The summed E-state index contributed by atoms with van der Waals surface area (Å²) in [6.07, 6.45) is 1.60. The summed E-state index contributed by atoms with van der Waals surface area (Å²) >= 11 is 5.82. The third-order valence-electron chi connectivity index (χ3n) is 8.31. The van der Waals surface area contributed by atoms with Crippen molar-refractivity contribution in [3.05, 3.63) is 118 Å². The summed E-state index contributed by atoms with van der Waals surface area (Å²) in [5.74, 6) is -1.17. The molecule has 0 spiro atoms. The Bertz CT molecular complexity index is 1890. The first-order chi connectivity index (χ1) is 22.2. The number of methoxy groups -OCH3 is 1. The molecule has 1 aliphatic rings. The van der Waals surface area contributed by atoms with Crippen molar-refractivity contribution in [2.24, 2.45) is 7.05 Å². The Balaban J connectivity index is 1.14. The van der Waals surface area contributed by atoms with Crippen LogP contribution in [0.1, 0.15) is 46.1 Å². The van der Waals surface area contributed by atoms with Crippen molar-refractivity contribution in [2.45, 2.75) is 31.9 Å². The SMILES string of the molecule is COc1cc(C(=O)Oc2ccccc2)c(F)c2c1nc(CN1CCC(c3ccc(F)c(OCc4ccc(Cl)cc4F)c3)CC1)n2C. The van der Waals surface area contributed by atoms with Crippen LogP contribution in [-0.4, -0.2) is 40.6 Å². The molecule has 0 N–H and O–H groups in total. The van der Waals surface area contributed by atoms with E-state index < -0.39 is 23.4 Å². The fourth-order valence-electron chi connectivity index (χ4n) is 5.76. The van der Waals surface area contributed by atoms with Gasteiger partial charge in [-0.15, -0.1) is 0 Å². The second-order valence-electron chi connectivity index (χ2n) is 11.2. The Morgan fingerprint density at radius 1 is 0.957 bits per heavy atom. The van der Waals surface area contributed by atoms with E-state index in [4.69, 9.17) is 25.8 Å². The molecular formula is C35H31ClF3N3O4. The summed E-state index contributed by atoms with van der Waals surface area (Å²) in [7, 11) is 3.15. The number of imidazole rings is 1. The van der Waals surface area contributed by atoms with Gasteiger partial charge in [-0.05, 0) is 73.8 Å². The molecule has 0 amide bonds.